The number of nitrogens with zero attached hydrogens (tertiary/aromatic N) is 1. The quantitative estimate of drug-likeness (QED) is 0.818. The van der Waals surface area contributed by atoms with Crippen molar-refractivity contribution in [1.82, 2.24) is 4.90 Å². The molecule has 6 rings (SSSR count). The first kappa shape index (κ1) is 18.2. The Kier molecular flexibility index (Phi) is 3.93. The standard InChI is InChI=1S/C25H38N2/c1-22(2)17-27(10-9-21(22)26)18-24-12-19-11-23(3,14-24)15-25(13-19,16-24)20-7-5-4-6-8-20/h4-8,19,21H,9-18,26H2,1-3H3/t19?,21-,23-,24?,25+/m1/s1. The van der Waals surface area contributed by atoms with Crippen molar-refractivity contribution in [3.63, 3.8) is 0 Å². The minimum absolute atomic E-state index is 0.252. The smallest absolute Gasteiger partial charge is 0.0115 e. The van der Waals surface area contributed by atoms with Crippen molar-refractivity contribution >= 4 is 0 Å². The molecule has 2 N–H and O–H groups in total. The Labute approximate surface area is 165 Å². The lowest BCUT2D eigenvalue weighted by Crippen LogP contribution is -2.62. The van der Waals surface area contributed by atoms with E-state index in [1.54, 1.807) is 5.56 Å². The summed E-state index contributed by atoms with van der Waals surface area (Å²) >= 11 is 0. The van der Waals surface area contributed by atoms with Gasteiger partial charge in [-0.05, 0) is 84.6 Å². The molecule has 4 aliphatic carbocycles. The van der Waals surface area contributed by atoms with E-state index in [4.69, 9.17) is 5.73 Å². The van der Waals surface area contributed by atoms with Gasteiger partial charge in [-0.2, -0.15) is 0 Å². The zero-order valence-corrected chi connectivity index (χ0v) is 17.6. The lowest BCUT2D eigenvalue weighted by molar-refractivity contribution is -0.132. The molecule has 2 nitrogen and oxygen atoms in total. The van der Waals surface area contributed by atoms with Crippen LogP contribution in [0.25, 0.3) is 0 Å². The van der Waals surface area contributed by atoms with Crippen LogP contribution in [0.3, 0.4) is 0 Å². The Hall–Kier alpha value is -0.860. The van der Waals surface area contributed by atoms with E-state index in [1.165, 1.54) is 58.2 Å². The first-order valence-electron chi connectivity index (χ1n) is 11.3. The molecule has 2 unspecified atom stereocenters. The Balaban J connectivity index is 1.45. The number of rotatable bonds is 3. The SMILES string of the molecule is CC1(C)CN(CC23CC4C[C@](C)(C2)C[C@@](c2ccccc2)(C4)C3)CC[C@H]1N. The molecule has 1 aliphatic heterocycles. The van der Waals surface area contributed by atoms with Crippen molar-refractivity contribution in [2.45, 2.75) is 77.2 Å². The van der Waals surface area contributed by atoms with Gasteiger partial charge in [0.15, 0.2) is 0 Å². The third-order valence-electron chi connectivity index (χ3n) is 8.80. The van der Waals surface area contributed by atoms with Gasteiger partial charge in [0, 0.05) is 19.1 Å². The number of nitrogens with two attached hydrogens (primary N) is 1. The fraction of sp³-hybridized carbons (Fsp3) is 0.760. The van der Waals surface area contributed by atoms with Gasteiger partial charge in [0.05, 0.1) is 0 Å². The maximum atomic E-state index is 6.43. The van der Waals surface area contributed by atoms with Gasteiger partial charge in [-0.3, -0.25) is 0 Å². The number of benzene rings is 1. The predicted octanol–water partition coefficient (Wildman–Crippen LogP) is 4.97. The van der Waals surface area contributed by atoms with Crippen LogP contribution >= 0.6 is 0 Å². The molecule has 0 radical (unpaired) electrons. The second-order valence-electron chi connectivity index (χ2n) is 12.1. The van der Waals surface area contributed by atoms with Crippen molar-refractivity contribution < 1.29 is 0 Å². The first-order chi connectivity index (χ1) is 12.7. The van der Waals surface area contributed by atoms with Crippen LogP contribution in [0.15, 0.2) is 30.3 Å². The van der Waals surface area contributed by atoms with Crippen LogP contribution in [0.5, 0.6) is 0 Å². The van der Waals surface area contributed by atoms with Gasteiger partial charge in [-0.1, -0.05) is 51.1 Å². The maximum Gasteiger partial charge on any atom is 0.0115 e. The van der Waals surface area contributed by atoms with Crippen molar-refractivity contribution in [2.75, 3.05) is 19.6 Å². The average Bonchev–Trinajstić information content (AvgIpc) is 2.56. The number of hydrogen-bond donors (Lipinski definition) is 1. The topological polar surface area (TPSA) is 29.3 Å². The summed E-state index contributed by atoms with van der Waals surface area (Å²) < 4.78 is 0. The third-order valence-corrected chi connectivity index (χ3v) is 8.80. The maximum absolute atomic E-state index is 6.43. The average molecular weight is 367 g/mol. The molecule has 2 heteroatoms. The predicted molar refractivity (Wildman–Crippen MR) is 113 cm³/mol. The number of likely N-dealkylation sites (tertiary alicyclic amines) is 1. The summed E-state index contributed by atoms with van der Waals surface area (Å²) in [6, 6.07) is 11.9. The summed E-state index contributed by atoms with van der Waals surface area (Å²) in [5, 5.41) is 0. The summed E-state index contributed by atoms with van der Waals surface area (Å²) in [7, 11) is 0. The first-order valence-corrected chi connectivity index (χ1v) is 11.3. The highest BCUT2D eigenvalue weighted by molar-refractivity contribution is 5.31. The van der Waals surface area contributed by atoms with Crippen molar-refractivity contribution in [3.8, 4) is 0 Å². The highest BCUT2D eigenvalue weighted by Gasteiger charge is 2.62. The molecule has 1 aromatic rings. The second kappa shape index (κ2) is 5.83. The molecule has 0 aromatic heterocycles. The van der Waals surface area contributed by atoms with Crippen LogP contribution in [0.2, 0.25) is 0 Å². The normalized spacial score (nSPS) is 45.9. The van der Waals surface area contributed by atoms with Gasteiger partial charge in [0.2, 0.25) is 0 Å². The van der Waals surface area contributed by atoms with Crippen molar-refractivity contribution in [2.24, 2.45) is 27.9 Å². The molecule has 4 bridgehead atoms. The molecule has 0 spiro atoms. The zero-order chi connectivity index (χ0) is 18.9. The summed E-state index contributed by atoms with van der Waals surface area (Å²) in [6.07, 6.45) is 9.82. The van der Waals surface area contributed by atoms with Gasteiger partial charge in [0.1, 0.15) is 0 Å². The second-order valence-corrected chi connectivity index (χ2v) is 12.1. The Morgan fingerprint density at radius 2 is 1.78 bits per heavy atom. The lowest BCUT2D eigenvalue weighted by atomic mass is 9.39. The van der Waals surface area contributed by atoms with Crippen LogP contribution in [0.1, 0.15) is 71.3 Å². The zero-order valence-electron chi connectivity index (χ0n) is 17.6. The number of hydrogen-bond acceptors (Lipinski definition) is 2. The molecule has 5 atom stereocenters. The summed E-state index contributed by atoms with van der Waals surface area (Å²) in [5.41, 5.74) is 9.83. The van der Waals surface area contributed by atoms with Gasteiger partial charge < -0.3 is 10.6 Å². The van der Waals surface area contributed by atoms with E-state index in [9.17, 15) is 0 Å². The van der Waals surface area contributed by atoms with E-state index >= 15 is 0 Å². The molecule has 0 amide bonds. The molecule has 5 aliphatic rings. The molecule has 1 aromatic carbocycles. The van der Waals surface area contributed by atoms with Gasteiger partial charge in [-0.25, -0.2) is 0 Å². The highest BCUT2D eigenvalue weighted by atomic mass is 15.2. The Bertz CT molecular complexity index is 712. The van der Waals surface area contributed by atoms with Crippen LogP contribution in [-0.4, -0.2) is 30.6 Å². The van der Waals surface area contributed by atoms with Crippen molar-refractivity contribution in [1.29, 1.82) is 0 Å². The lowest BCUT2D eigenvalue weighted by Gasteiger charge is -2.67. The van der Waals surface area contributed by atoms with Gasteiger partial charge in [-0.15, -0.1) is 0 Å². The summed E-state index contributed by atoms with van der Waals surface area (Å²) in [4.78, 5) is 2.79. The van der Waals surface area contributed by atoms with Gasteiger partial charge >= 0.3 is 0 Å². The molecule has 1 heterocycles. The van der Waals surface area contributed by atoms with E-state index < -0.39 is 0 Å². The van der Waals surface area contributed by atoms with Gasteiger partial charge in [0.25, 0.3) is 0 Å². The fourth-order valence-corrected chi connectivity index (χ4v) is 8.52. The van der Waals surface area contributed by atoms with E-state index in [0.717, 1.165) is 12.3 Å². The van der Waals surface area contributed by atoms with E-state index in [2.05, 4.69) is 56.0 Å². The molecule has 27 heavy (non-hydrogen) atoms. The molecule has 148 valence electrons. The third kappa shape index (κ3) is 2.99. The summed E-state index contributed by atoms with van der Waals surface area (Å²) in [6.45, 7) is 11.0. The minimum atomic E-state index is 0.252. The van der Waals surface area contributed by atoms with E-state index in [0.29, 0.717) is 22.3 Å². The van der Waals surface area contributed by atoms with E-state index in [-0.39, 0.29) is 5.41 Å². The van der Waals surface area contributed by atoms with Crippen molar-refractivity contribution in [3.05, 3.63) is 35.9 Å². The largest absolute Gasteiger partial charge is 0.327 e. The molecule has 5 fully saturated rings. The monoisotopic (exact) mass is 366 g/mol. The van der Waals surface area contributed by atoms with Crippen LogP contribution in [-0.2, 0) is 5.41 Å². The molecular formula is C25H38N2. The Morgan fingerprint density at radius 1 is 1.00 bits per heavy atom. The highest BCUT2D eigenvalue weighted by Crippen LogP contribution is 2.70. The molecule has 4 saturated carbocycles. The van der Waals surface area contributed by atoms with Crippen LogP contribution in [0, 0.1) is 22.2 Å². The minimum Gasteiger partial charge on any atom is -0.327 e. The summed E-state index contributed by atoms with van der Waals surface area (Å²) in [5.74, 6) is 0.937. The van der Waals surface area contributed by atoms with E-state index in [1.807, 2.05) is 0 Å². The van der Waals surface area contributed by atoms with Crippen LogP contribution < -0.4 is 5.73 Å². The number of piperidine rings is 1. The fourth-order valence-electron chi connectivity index (χ4n) is 8.52. The Morgan fingerprint density at radius 3 is 2.48 bits per heavy atom. The molecular weight excluding hydrogens is 328 g/mol. The molecule has 1 saturated heterocycles. The van der Waals surface area contributed by atoms with Crippen LogP contribution in [0.4, 0.5) is 0 Å².